The Kier molecular flexibility index (Phi) is 2.85. The van der Waals surface area contributed by atoms with Gasteiger partial charge in [-0.2, -0.15) is 0 Å². The molecule has 0 saturated carbocycles. The van der Waals surface area contributed by atoms with Crippen molar-refractivity contribution in [1.29, 1.82) is 0 Å². The number of non-ortho nitro benzene ring substituents is 1. The molecule has 0 bridgehead atoms. The van der Waals surface area contributed by atoms with E-state index in [4.69, 9.17) is 0 Å². The molecule has 1 aromatic rings. The minimum Gasteiger partial charge on any atom is -0.258 e. The Balaban J connectivity index is 3.38. The molecule has 1 rings (SSSR count). The average molecular weight is 231 g/mol. The number of hydrogen-bond acceptors (Lipinski definition) is 4. The summed E-state index contributed by atoms with van der Waals surface area (Å²) < 4.78 is 35.5. The van der Waals surface area contributed by atoms with Gasteiger partial charge in [-0.25, -0.2) is 12.8 Å². The van der Waals surface area contributed by atoms with Gasteiger partial charge in [0, 0.05) is 11.5 Å². The minimum absolute atomic E-state index is 0.504. The van der Waals surface area contributed by atoms with E-state index in [2.05, 4.69) is 6.58 Å². The van der Waals surface area contributed by atoms with Gasteiger partial charge in [-0.15, -0.1) is 0 Å². The Morgan fingerprint density at radius 2 is 2.07 bits per heavy atom. The summed E-state index contributed by atoms with van der Waals surface area (Å²) in [4.78, 5) is 8.82. The van der Waals surface area contributed by atoms with Crippen LogP contribution in [0.4, 0.5) is 10.1 Å². The van der Waals surface area contributed by atoms with E-state index in [9.17, 15) is 22.9 Å². The molecule has 0 heterocycles. The predicted octanol–water partition coefficient (Wildman–Crippen LogP) is 1.65. The van der Waals surface area contributed by atoms with Crippen LogP contribution in [-0.2, 0) is 9.84 Å². The van der Waals surface area contributed by atoms with Gasteiger partial charge >= 0.3 is 0 Å². The SMILES string of the molecule is C=CS(=O)(=O)c1ccc([N+](=O)[O-])cc1F. The van der Waals surface area contributed by atoms with Crippen LogP contribution >= 0.6 is 0 Å². The van der Waals surface area contributed by atoms with Crippen molar-refractivity contribution in [2.45, 2.75) is 4.90 Å². The fourth-order valence-corrected chi connectivity index (χ4v) is 1.69. The van der Waals surface area contributed by atoms with Crippen LogP contribution in [0.15, 0.2) is 35.1 Å². The summed E-state index contributed by atoms with van der Waals surface area (Å²) in [6.07, 6.45) is 0. The summed E-state index contributed by atoms with van der Waals surface area (Å²) >= 11 is 0. The molecule has 0 saturated heterocycles. The molecule has 0 N–H and O–H groups in total. The third-order valence-electron chi connectivity index (χ3n) is 1.65. The molecule has 0 unspecified atom stereocenters. The molecule has 0 aliphatic heterocycles. The zero-order chi connectivity index (χ0) is 11.6. The van der Waals surface area contributed by atoms with Crippen molar-refractivity contribution in [3.8, 4) is 0 Å². The van der Waals surface area contributed by atoms with Gasteiger partial charge in [0.15, 0.2) is 0 Å². The second-order valence-electron chi connectivity index (χ2n) is 2.58. The van der Waals surface area contributed by atoms with Crippen molar-refractivity contribution in [2.24, 2.45) is 0 Å². The number of rotatable bonds is 3. The van der Waals surface area contributed by atoms with E-state index >= 15 is 0 Å². The first-order valence-corrected chi connectivity index (χ1v) is 5.24. The number of halogens is 1. The summed E-state index contributed by atoms with van der Waals surface area (Å²) in [7, 11) is -3.91. The van der Waals surface area contributed by atoms with Crippen LogP contribution in [0.3, 0.4) is 0 Å². The first-order valence-electron chi connectivity index (χ1n) is 3.70. The molecule has 0 radical (unpaired) electrons. The lowest BCUT2D eigenvalue weighted by Gasteiger charge is -1.99. The molecule has 0 aliphatic rings. The zero-order valence-electron chi connectivity index (χ0n) is 7.38. The maximum Gasteiger partial charge on any atom is 0.272 e. The minimum atomic E-state index is -3.91. The first-order chi connectivity index (χ1) is 6.88. The molecule has 0 spiro atoms. The number of nitro benzene ring substituents is 1. The van der Waals surface area contributed by atoms with Crippen LogP contribution in [0.1, 0.15) is 0 Å². The largest absolute Gasteiger partial charge is 0.272 e. The highest BCUT2D eigenvalue weighted by atomic mass is 32.2. The maximum absolute atomic E-state index is 13.2. The molecule has 0 amide bonds. The fraction of sp³-hybridized carbons (Fsp3) is 0. The highest BCUT2D eigenvalue weighted by Gasteiger charge is 2.18. The van der Waals surface area contributed by atoms with Crippen LogP contribution in [0.5, 0.6) is 0 Å². The molecule has 0 aromatic heterocycles. The van der Waals surface area contributed by atoms with Gasteiger partial charge in [0.05, 0.1) is 11.0 Å². The maximum atomic E-state index is 13.2. The summed E-state index contributed by atoms with van der Waals surface area (Å²) in [5, 5.41) is 10.8. The van der Waals surface area contributed by atoms with E-state index in [1.807, 2.05) is 0 Å². The summed E-state index contributed by atoms with van der Waals surface area (Å²) in [5.74, 6) is -1.16. The quantitative estimate of drug-likeness (QED) is 0.585. The van der Waals surface area contributed by atoms with Gasteiger partial charge in [0.1, 0.15) is 10.7 Å². The first kappa shape index (κ1) is 11.3. The molecule has 0 fully saturated rings. The Labute approximate surface area is 84.9 Å². The zero-order valence-corrected chi connectivity index (χ0v) is 8.20. The topological polar surface area (TPSA) is 77.3 Å². The molecular formula is C8H6FNO4S. The van der Waals surface area contributed by atoms with Gasteiger partial charge in [0.2, 0.25) is 9.84 Å². The molecule has 7 heteroatoms. The Hall–Kier alpha value is -1.76. The van der Waals surface area contributed by atoms with Crippen LogP contribution in [0, 0.1) is 15.9 Å². The molecule has 5 nitrogen and oxygen atoms in total. The third-order valence-corrected chi connectivity index (χ3v) is 3.04. The monoisotopic (exact) mass is 231 g/mol. The van der Waals surface area contributed by atoms with E-state index in [-0.39, 0.29) is 0 Å². The lowest BCUT2D eigenvalue weighted by molar-refractivity contribution is -0.385. The number of nitro groups is 1. The molecule has 0 aliphatic carbocycles. The van der Waals surface area contributed by atoms with E-state index in [0.29, 0.717) is 11.5 Å². The summed E-state index contributed by atoms with van der Waals surface area (Å²) in [6.45, 7) is 3.02. The second kappa shape index (κ2) is 3.77. The van der Waals surface area contributed by atoms with E-state index in [1.165, 1.54) is 0 Å². The van der Waals surface area contributed by atoms with Crippen molar-refractivity contribution < 1.29 is 17.7 Å². The summed E-state index contributed by atoms with van der Waals surface area (Å²) in [5.41, 5.74) is -0.504. The van der Waals surface area contributed by atoms with Gasteiger partial charge in [0.25, 0.3) is 5.69 Å². The third kappa shape index (κ3) is 2.18. The number of nitrogens with zero attached hydrogens (tertiary/aromatic N) is 1. The fourth-order valence-electron chi connectivity index (χ4n) is 0.924. The highest BCUT2D eigenvalue weighted by molar-refractivity contribution is 7.94. The highest BCUT2D eigenvalue weighted by Crippen LogP contribution is 2.21. The molecule has 15 heavy (non-hydrogen) atoms. The normalized spacial score (nSPS) is 11.0. The number of sulfone groups is 1. The Bertz CT molecular complexity index is 523. The lowest BCUT2D eigenvalue weighted by atomic mass is 10.3. The van der Waals surface area contributed by atoms with Crippen molar-refractivity contribution in [3.05, 3.63) is 46.1 Å². The second-order valence-corrected chi connectivity index (χ2v) is 4.45. The van der Waals surface area contributed by atoms with E-state index in [0.717, 1.165) is 12.1 Å². The molecule has 1 aromatic carbocycles. The molecule has 0 atom stereocenters. The van der Waals surface area contributed by atoms with Crippen molar-refractivity contribution >= 4 is 15.5 Å². The van der Waals surface area contributed by atoms with Crippen LogP contribution in [0.2, 0.25) is 0 Å². The number of hydrogen-bond donors (Lipinski definition) is 0. The van der Waals surface area contributed by atoms with Gasteiger partial charge < -0.3 is 0 Å². The van der Waals surface area contributed by atoms with Gasteiger partial charge in [-0.05, 0) is 6.07 Å². The van der Waals surface area contributed by atoms with E-state index in [1.54, 1.807) is 0 Å². The lowest BCUT2D eigenvalue weighted by Crippen LogP contribution is -2.00. The van der Waals surface area contributed by atoms with Crippen LogP contribution in [-0.4, -0.2) is 13.3 Å². The smallest absolute Gasteiger partial charge is 0.258 e. The van der Waals surface area contributed by atoms with Gasteiger partial charge in [-0.1, -0.05) is 6.58 Å². The van der Waals surface area contributed by atoms with Crippen LogP contribution < -0.4 is 0 Å². The van der Waals surface area contributed by atoms with Crippen molar-refractivity contribution in [2.75, 3.05) is 0 Å². The predicted molar refractivity (Wildman–Crippen MR) is 50.4 cm³/mol. The van der Waals surface area contributed by atoms with Gasteiger partial charge in [-0.3, -0.25) is 10.1 Å². The average Bonchev–Trinajstić information content (AvgIpc) is 2.17. The Morgan fingerprint density at radius 1 is 1.47 bits per heavy atom. The summed E-state index contributed by atoms with van der Waals surface area (Å²) in [6, 6.07) is 2.31. The van der Waals surface area contributed by atoms with Crippen LogP contribution in [0.25, 0.3) is 0 Å². The standard InChI is InChI=1S/C8H6FNO4S/c1-2-15(13,14)8-4-3-6(10(11)12)5-7(8)9/h2-5H,1H2. The molecular weight excluding hydrogens is 225 g/mol. The van der Waals surface area contributed by atoms with E-state index < -0.39 is 31.2 Å². The van der Waals surface area contributed by atoms with Crippen molar-refractivity contribution in [1.82, 2.24) is 0 Å². The molecule has 80 valence electrons. The Morgan fingerprint density at radius 3 is 2.47 bits per heavy atom. The number of benzene rings is 1. The van der Waals surface area contributed by atoms with Crippen molar-refractivity contribution in [3.63, 3.8) is 0 Å².